The Bertz CT molecular complexity index is 500. The lowest BCUT2D eigenvalue weighted by molar-refractivity contribution is 0.356. The first-order valence-corrected chi connectivity index (χ1v) is 8.14. The Morgan fingerprint density at radius 3 is 2.40 bits per heavy atom. The van der Waals surface area contributed by atoms with Crippen LogP contribution in [0.1, 0.15) is 13.3 Å². The fraction of sp³-hybridized carbons (Fsp3) is 0.615. The molecule has 0 amide bonds. The van der Waals surface area contributed by atoms with Crippen molar-refractivity contribution >= 4 is 15.8 Å². The van der Waals surface area contributed by atoms with Gasteiger partial charge in [0.25, 0.3) is 0 Å². The highest BCUT2D eigenvalue weighted by Gasteiger charge is 2.22. The molecule has 0 aliphatic rings. The summed E-state index contributed by atoms with van der Waals surface area (Å²) >= 11 is 0. The molecule has 114 valence electrons. The molecule has 0 aromatic carbocycles. The Morgan fingerprint density at radius 1 is 1.25 bits per heavy atom. The second-order valence-electron chi connectivity index (χ2n) is 4.78. The number of sulfonamides is 1. The maximum absolute atomic E-state index is 12.5. The summed E-state index contributed by atoms with van der Waals surface area (Å²) in [6.45, 7) is 3.69. The maximum atomic E-state index is 12.5. The summed E-state index contributed by atoms with van der Waals surface area (Å²) in [5, 5.41) is 2.87. The third kappa shape index (κ3) is 4.43. The molecule has 0 saturated heterocycles. The molecule has 0 unspecified atom stereocenters. The Morgan fingerprint density at radius 2 is 1.95 bits per heavy atom. The molecular formula is C13H24N4O2S. The number of rotatable bonds is 8. The molecule has 1 aromatic heterocycles. The van der Waals surface area contributed by atoms with Gasteiger partial charge in [-0.2, -0.15) is 4.31 Å². The zero-order valence-electron chi connectivity index (χ0n) is 12.6. The minimum absolute atomic E-state index is 0.239. The van der Waals surface area contributed by atoms with Gasteiger partial charge in [-0.15, -0.1) is 0 Å². The molecule has 0 fully saturated rings. The van der Waals surface area contributed by atoms with Gasteiger partial charge in [-0.3, -0.25) is 0 Å². The van der Waals surface area contributed by atoms with Crippen molar-refractivity contribution in [1.82, 2.24) is 14.2 Å². The van der Waals surface area contributed by atoms with Gasteiger partial charge < -0.3 is 10.2 Å². The molecule has 0 atom stereocenters. The molecule has 1 rings (SSSR count). The Balaban J connectivity index is 2.82. The van der Waals surface area contributed by atoms with Crippen molar-refractivity contribution in [2.75, 3.05) is 46.1 Å². The predicted molar refractivity (Wildman–Crippen MR) is 81.4 cm³/mol. The van der Waals surface area contributed by atoms with Gasteiger partial charge in [0.2, 0.25) is 10.0 Å². The van der Waals surface area contributed by atoms with Gasteiger partial charge >= 0.3 is 0 Å². The van der Waals surface area contributed by atoms with Crippen molar-refractivity contribution in [3.05, 3.63) is 18.3 Å². The molecule has 1 N–H and O–H groups in total. The highest BCUT2D eigenvalue weighted by molar-refractivity contribution is 7.89. The second-order valence-corrected chi connectivity index (χ2v) is 6.72. The molecule has 0 aliphatic carbocycles. The molecule has 0 radical (unpaired) electrons. The molecule has 0 bridgehead atoms. The van der Waals surface area contributed by atoms with Crippen LogP contribution in [0.15, 0.2) is 23.2 Å². The minimum Gasteiger partial charge on any atom is -0.373 e. The molecule has 0 aliphatic heterocycles. The largest absolute Gasteiger partial charge is 0.373 e. The predicted octanol–water partition coefficient (Wildman–Crippen LogP) is 1.09. The van der Waals surface area contributed by atoms with Gasteiger partial charge in [0.05, 0.1) is 0 Å². The van der Waals surface area contributed by atoms with E-state index in [0.717, 1.165) is 13.0 Å². The second kappa shape index (κ2) is 7.56. The van der Waals surface area contributed by atoms with Crippen LogP contribution in [-0.2, 0) is 10.0 Å². The van der Waals surface area contributed by atoms with E-state index in [9.17, 15) is 8.42 Å². The van der Waals surface area contributed by atoms with Crippen LogP contribution in [0.3, 0.4) is 0 Å². The van der Waals surface area contributed by atoms with E-state index in [2.05, 4.69) is 10.3 Å². The van der Waals surface area contributed by atoms with Gasteiger partial charge in [0, 0.05) is 26.3 Å². The Labute approximate surface area is 121 Å². The lowest BCUT2D eigenvalue weighted by Gasteiger charge is -2.21. The van der Waals surface area contributed by atoms with Crippen LogP contribution in [0, 0.1) is 0 Å². The number of anilines is 1. The zero-order chi connectivity index (χ0) is 15.2. The first-order chi connectivity index (χ1) is 9.41. The summed E-state index contributed by atoms with van der Waals surface area (Å²) in [4.78, 5) is 6.35. The van der Waals surface area contributed by atoms with E-state index in [1.165, 1.54) is 10.5 Å². The fourth-order valence-corrected chi connectivity index (χ4v) is 3.27. The summed E-state index contributed by atoms with van der Waals surface area (Å²) in [5.74, 6) is 0.652. The van der Waals surface area contributed by atoms with Crippen LogP contribution >= 0.6 is 0 Å². The van der Waals surface area contributed by atoms with E-state index < -0.39 is 10.0 Å². The number of nitrogens with zero attached hydrogens (tertiary/aromatic N) is 3. The number of pyridine rings is 1. The van der Waals surface area contributed by atoms with Crippen LogP contribution < -0.4 is 5.32 Å². The normalized spacial score (nSPS) is 12.1. The quantitative estimate of drug-likeness (QED) is 0.778. The molecule has 6 nitrogen and oxygen atoms in total. The number of aromatic nitrogens is 1. The van der Waals surface area contributed by atoms with Crippen LogP contribution in [0.5, 0.6) is 0 Å². The van der Waals surface area contributed by atoms with E-state index in [1.807, 2.05) is 25.9 Å². The topological polar surface area (TPSA) is 65.5 Å². The SMILES string of the molecule is CCN(CCCN(C)C)S(=O)(=O)c1ccc(NC)nc1. The highest BCUT2D eigenvalue weighted by Crippen LogP contribution is 2.16. The summed E-state index contributed by atoms with van der Waals surface area (Å²) < 4.78 is 26.5. The molecule has 7 heteroatoms. The van der Waals surface area contributed by atoms with E-state index in [-0.39, 0.29) is 4.90 Å². The summed E-state index contributed by atoms with van der Waals surface area (Å²) in [7, 11) is 2.25. The average molecular weight is 300 g/mol. The first kappa shape index (κ1) is 16.9. The van der Waals surface area contributed by atoms with Gasteiger partial charge in [0.15, 0.2) is 0 Å². The van der Waals surface area contributed by atoms with Gasteiger partial charge in [-0.05, 0) is 39.2 Å². The van der Waals surface area contributed by atoms with Crippen molar-refractivity contribution in [3.8, 4) is 0 Å². The lowest BCUT2D eigenvalue weighted by atomic mass is 10.4. The average Bonchev–Trinajstić information content (AvgIpc) is 2.43. The molecule has 1 heterocycles. The van der Waals surface area contributed by atoms with E-state index in [4.69, 9.17) is 0 Å². The van der Waals surface area contributed by atoms with Crippen LogP contribution in [0.4, 0.5) is 5.82 Å². The Hall–Kier alpha value is -1.18. The highest BCUT2D eigenvalue weighted by atomic mass is 32.2. The first-order valence-electron chi connectivity index (χ1n) is 6.70. The van der Waals surface area contributed by atoms with Crippen molar-refractivity contribution in [3.63, 3.8) is 0 Å². The molecular weight excluding hydrogens is 276 g/mol. The van der Waals surface area contributed by atoms with E-state index in [1.54, 1.807) is 19.2 Å². The zero-order valence-corrected chi connectivity index (χ0v) is 13.4. The van der Waals surface area contributed by atoms with Crippen LogP contribution in [0.2, 0.25) is 0 Å². The fourth-order valence-electron chi connectivity index (χ4n) is 1.84. The molecule has 0 saturated carbocycles. The van der Waals surface area contributed by atoms with Crippen LogP contribution in [0.25, 0.3) is 0 Å². The number of nitrogens with one attached hydrogen (secondary N) is 1. The monoisotopic (exact) mass is 300 g/mol. The van der Waals surface area contributed by atoms with E-state index in [0.29, 0.717) is 18.9 Å². The maximum Gasteiger partial charge on any atom is 0.244 e. The van der Waals surface area contributed by atoms with Gasteiger partial charge in [0.1, 0.15) is 10.7 Å². The molecule has 0 spiro atoms. The summed E-state index contributed by atoms with van der Waals surface area (Å²) in [6.07, 6.45) is 2.21. The Kier molecular flexibility index (Phi) is 6.38. The van der Waals surface area contributed by atoms with Crippen LogP contribution in [-0.4, -0.2) is 63.4 Å². The third-order valence-corrected chi connectivity index (χ3v) is 4.95. The molecule has 20 heavy (non-hydrogen) atoms. The van der Waals surface area contributed by atoms with Crippen molar-refractivity contribution in [2.45, 2.75) is 18.2 Å². The third-order valence-electron chi connectivity index (χ3n) is 3.00. The lowest BCUT2D eigenvalue weighted by Crippen LogP contribution is -2.33. The van der Waals surface area contributed by atoms with Gasteiger partial charge in [-0.25, -0.2) is 13.4 Å². The summed E-state index contributed by atoms with van der Waals surface area (Å²) in [5.41, 5.74) is 0. The molecule has 1 aromatic rings. The summed E-state index contributed by atoms with van der Waals surface area (Å²) in [6, 6.07) is 3.25. The minimum atomic E-state index is -3.45. The number of hydrogen-bond donors (Lipinski definition) is 1. The van der Waals surface area contributed by atoms with Gasteiger partial charge in [-0.1, -0.05) is 6.92 Å². The van der Waals surface area contributed by atoms with E-state index >= 15 is 0 Å². The standard InChI is InChI=1S/C13H24N4O2S/c1-5-17(10-6-9-16(3)4)20(18,19)12-7-8-13(14-2)15-11-12/h7-8,11H,5-6,9-10H2,1-4H3,(H,14,15). The van der Waals surface area contributed by atoms with Crippen molar-refractivity contribution in [1.29, 1.82) is 0 Å². The smallest absolute Gasteiger partial charge is 0.244 e. The van der Waals surface area contributed by atoms with Crippen molar-refractivity contribution < 1.29 is 8.42 Å². The number of hydrogen-bond acceptors (Lipinski definition) is 5. The van der Waals surface area contributed by atoms with Crippen molar-refractivity contribution in [2.24, 2.45) is 0 Å².